The largest absolute Gasteiger partial charge is 0.397 e. The number of hydrogen-bond donors (Lipinski definition) is 2. The molecule has 1 atom stereocenters. The van der Waals surface area contributed by atoms with Crippen LogP contribution in [0.5, 0.6) is 0 Å². The van der Waals surface area contributed by atoms with Gasteiger partial charge >= 0.3 is 0 Å². The van der Waals surface area contributed by atoms with E-state index in [1.54, 1.807) is 12.1 Å². The van der Waals surface area contributed by atoms with Crippen molar-refractivity contribution in [2.45, 2.75) is 24.8 Å². The summed E-state index contributed by atoms with van der Waals surface area (Å²) in [5.74, 6) is 0. The van der Waals surface area contributed by atoms with Gasteiger partial charge < -0.3 is 15.8 Å². The van der Waals surface area contributed by atoms with Gasteiger partial charge in [-0.15, -0.1) is 0 Å². The molecule has 0 amide bonds. The minimum Gasteiger partial charge on any atom is -0.397 e. The molecule has 0 aromatic heterocycles. The summed E-state index contributed by atoms with van der Waals surface area (Å²) < 4.78 is 30.7. The van der Waals surface area contributed by atoms with Crippen LogP contribution in [0, 0.1) is 0 Å². The molecule has 1 rings (SSSR count). The zero-order chi connectivity index (χ0) is 15.3. The molecule has 0 aliphatic carbocycles. The van der Waals surface area contributed by atoms with E-state index < -0.39 is 10.0 Å². The van der Waals surface area contributed by atoms with Gasteiger partial charge in [-0.1, -0.05) is 0 Å². The first-order valence-corrected chi connectivity index (χ1v) is 7.90. The van der Waals surface area contributed by atoms with E-state index in [0.717, 1.165) is 0 Å². The van der Waals surface area contributed by atoms with E-state index in [2.05, 4.69) is 5.32 Å². The maximum atomic E-state index is 12.1. The third-order valence-electron chi connectivity index (χ3n) is 2.83. The molecule has 114 valence electrons. The SMILES string of the molecule is CCOC(C)CNc1cc(S(=O)(=O)N(C)C)ccc1N. The van der Waals surface area contributed by atoms with E-state index in [4.69, 9.17) is 10.5 Å². The van der Waals surface area contributed by atoms with Crippen molar-refractivity contribution in [3.63, 3.8) is 0 Å². The van der Waals surface area contributed by atoms with Crippen LogP contribution in [-0.4, -0.2) is 46.1 Å². The first-order chi connectivity index (χ1) is 9.28. The maximum Gasteiger partial charge on any atom is 0.242 e. The van der Waals surface area contributed by atoms with Gasteiger partial charge in [0.05, 0.1) is 22.4 Å². The zero-order valence-electron chi connectivity index (χ0n) is 12.4. The number of rotatable bonds is 7. The summed E-state index contributed by atoms with van der Waals surface area (Å²) in [7, 11) is -0.466. The lowest BCUT2D eigenvalue weighted by molar-refractivity contribution is 0.0855. The third-order valence-corrected chi connectivity index (χ3v) is 4.65. The average molecular weight is 301 g/mol. The molecule has 0 aliphatic rings. The fourth-order valence-electron chi connectivity index (χ4n) is 1.66. The lowest BCUT2D eigenvalue weighted by Gasteiger charge is -2.17. The van der Waals surface area contributed by atoms with Gasteiger partial charge in [0, 0.05) is 27.2 Å². The molecule has 0 saturated heterocycles. The van der Waals surface area contributed by atoms with Crippen molar-refractivity contribution in [3.8, 4) is 0 Å². The molecule has 1 aromatic rings. The average Bonchev–Trinajstić information content (AvgIpc) is 2.37. The minimum atomic E-state index is -3.46. The molecule has 0 radical (unpaired) electrons. The predicted molar refractivity (Wildman–Crippen MR) is 81.3 cm³/mol. The Labute approximate surface area is 121 Å². The Morgan fingerprint density at radius 2 is 2.05 bits per heavy atom. The minimum absolute atomic E-state index is 0.0218. The van der Waals surface area contributed by atoms with Crippen molar-refractivity contribution < 1.29 is 13.2 Å². The van der Waals surface area contributed by atoms with Crippen molar-refractivity contribution in [2.75, 3.05) is 38.3 Å². The van der Waals surface area contributed by atoms with Gasteiger partial charge in [0.2, 0.25) is 10.0 Å². The summed E-state index contributed by atoms with van der Waals surface area (Å²) in [6, 6.07) is 4.63. The highest BCUT2D eigenvalue weighted by molar-refractivity contribution is 7.89. The number of nitrogens with two attached hydrogens (primary N) is 1. The Hall–Kier alpha value is -1.31. The Balaban J connectivity index is 2.93. The van der Waals surface area contributed by atoms with Crippen molar-refractivity contribution in [1.29, 1.82) is 0 Å². The molecule has 1 unspecified atom stereocenters. The second-order valence-corrected chi connectivity index (χ2v) is 6.84. The zero-order valence-corrected chi connectivity index (χ0v) is 13.2. The van der Waals surface area contributed by atoms with Crippen LogP contribution in [0.25, 0.3) is 0 Å². The van der Waals surface area contributed by atoms with Crippen molar-refractivity contribution in [1.82, 2.24) is 4.31 Å². The van der Waals surface area contributed by atoms with E-state index in [-0.39, 0.29) is 11.0 Å². The van der Waals surface area contributed by atoms with E-state index in [0.29, 0.717) is 24.5 Å². The molecule has 0 heterocycles. The molecular formula is C13H23N3O3S. The van der Waals surface area contributed by atoms with Gasteiger partial charge in [-0.05, 0) is 32.0 Å². The summed E-state index contributed by atoms with van der Waals surface area (Å²) in [6.45, 7) is 5.05. The maximum absolute atomic E-state index is 12.1. The summed E-state index contributed by atoms with van der Waals surface area (Å²) in [5.41, 5.74) is 6.96. The Morgan fingerprint density at radius 1 is 1.40 bits per heavy atom. The molecule has 7 heteroatoms. The first kappa shape index (κ1) is 16.7. The quantitative estimate of drug-likeness (QED) is 0.743. The third kappa shape index (κ3) is 4.09. The highest BCUT2D eigenvalue weighted by Crippen LogP contribution is 2.24. The van der Waals surface area contributed by atoms with Crippen LogP contribution in [0.15, 0.2) is 23.1 Å². The number of nitrogens with one attached hydrogen (secondary N) is 1. The van der Waals surface area contributed by atoms with Gasteiger partial charge in [-0.3, -0.25) is 0 Å². The highest BCUT2D eigenvalue weighted by atomic mass is 32.2. The molecule has 0 fully saturated rings. The molecule has 0 spiro atoms. The fourth-order valence-corrected chi connectivity index (χ4v) is 2.59. The van der Waals surface area contributed by atoms with Gasteiger partial charge in [-0.25, -0.2) is 12.7 Å². The second kappa shape index (κ2) is 6.92. The predicted octanol–water partition coefficient (Wildman–Crippen LogP) is 1.36. The summed E-state index contributed by atoms with van der Waals surface area (Å²) in [5, 5.41) is 3.12. The highest BCUT2D eigenvalue weighted by Gasteiger charge is 2.18. The lowest BCUT2D eigenvalue weighted by Crippen LogP contribution is -2.23. The molecule has 6 nitrogen and oxygen atoms in total. The van der Waals surface area contributed by atoms with Gasteiger partial charge in [0.15, 0.2) is 0 Å². The fraction of sp³-hybridized carbons (Fsp3) is 0.538. The van der Waals surface area contributed by atoms with Crippen LogP contribution in [0.2, 0.25) is 0 Å². The molecule has 3 N–H and O–H groups in total. The molecule has 0 bridgehead atoms. The summed E-state index contributed by atoms with van der Waals surface area (Å²) in [4.78, 5) is 0.211. The van der Waals surface area contributed by atoms with Gasteiger partial charge in [0.1, 0.15) is 0 Å². The Bertz CT molecular complexity index is 544. The lowest BCUT2D eigenvalue weighted by atomic mass is 10.2. The number of sulfonamides is 1. The number of nitrogen functional groups attached to an aromatic ring is 1. The van der Waals surface area contributed by atoms with E-state index in [1.165, 1.54) is 24.5 Å². The standard InChI is InChI=1S/C13H23N3O3S/c1-5-19-10(2)9-15-13-8-11(6-7-12(13)14)20(17,18)16(3)4/h6-8,10,15H,5,9,14H2,1-4H3. The molecule has 1 aromatic carbocycles. The summed E-state index contributed by atoms with van der Waals surface area (Å²) >= 11 is 0. The van der Waals surface area contributed by atoms with E-state index in [9.17, 15) is 8.42 Å². The van der Waals surface area contributed by atoms with Gasteiger partial charge in [0.25, 0.3) is 0 Å². The number of hydrogen-bond acceptors (Lipinski definition) is 5. The van der Waals surface area contributed by atoms with Crippen molar-refractivity contribution in [3.05, 3.63) is 18.2 Å². The smallest absolute Gasteiger partial charge is 0.242 e. The molecule has 20 heavy (non-hydrogen) atoms. The normalized spacial score (nSPS) is 13.4. The Morgan fingerprint density at radius 3 is 2.60 bits per heavy atom. The van der Waals surface area contributed by atoms with Crippen LogP contribution in [0.4, 0.5) is 11.4 Å². The van der Waals surface area contributed by atoms with Crippen molar-refractivity contribution >= 4 is 21.4 Å². The number of anilines is 2. The van der Waals surface area contributed by atoms with E-state index in [1.807, 2.05) is 13.8 Å². The first-order valence-electron chi connectivity index (χ1n) is 6.46. The van der Waals surface area contributed by atoms with Crippen LogP contribution in [0.3, 0.4) is 0 Å². The number of nitrogens with zero attached hydrogens (tertiary/aromatic N) is 1. The molecule has 0 aliphatic heterocycles. The van der Waals surface area contributed by atoms with Crippen LogP contribution in [-0.2, 0) is 14.8 Å². The monoisotopic (exact) mass is 301 g/mol. The van der Waals surface area contributed by atoms with Crippen molar-refractivity contribution in [2.24, 2.45) is 0 Å². The second-order valence-electron chi connectivity index (χ2n) is 4.68. The van der Waals surface area contributed by atoms with Crippen LogP contribution in [0.1, 0.15) is 13.8 Å². The summed E-state index contributed by atoms with van der Waals surface area (Å²) in [6.07, 6.45) is 0.0218. The van der Waals surface area contributed by atoms with Crippen LogP contribution >= 0.6 is 0 Å². The molecule has 0 saturated carbocycles. The van der Waals surface area contributed by atoms with E-state index >= 15 is 0 Å². The van der Waals surface area contributed by atoms with Gasteiger partial charge in [-0.2, -0.15) is 0 Å². The number of ether oxygens (including phenoxy) is 1. The Kier molecular flexibility index (Phi) is 5.79. The van der Waals surface area contributed by atoms with Crippen LogP contribution < -0.4 is 11.1 Å². The number of benzene rings is 1. The topological polar surface area (TPSA) is 84.7 Å². The molecular weight excluding hydrogens is 278 g/mol.